The summed E-state index contributed by atoms with van der Waals surface area (Å²) in [5.74, 6) is -1.12. The van der Waals surface area contributed by atoms with Gasteiger partial charge in [0.05, 0.1) is 11.8 Å². The number of carbonyl (C=O) groups is 3. The number of hydrogen-bond acceptors (Lipinski definition) is 3. The van der Waals surface area contributed by atoms with Gasteiger partial charge in [0.15, 0.2) is 0 Å². The molecule has 0 radical (unpaired) electrons. The van der Waals surface area contributed by atoms with Gasteiger partial charge in [0.2, 0.25) is 11.8 Å². The van der Waals surface area contributed by atoms with Crippen LogP contribution in [0.5, 0.6) is 0 Å². The van der Waals surface area contributed by atoms with Gasteiger partial charge in [-0.15, -0.1) is 0 Å². The minimum atomic E-state index is -1.09. The van der Waals surface area contributed by atoms with E-state index in [-0.39, 0.29) is 41.4 Å². The molecule has 1 heterocycles. The van der Waals surface area contributed by atoms with Crippen molar-refractivity contribution in [3.05, 3.63) is 12.2 Å². The van der Waals surface area contributed by atoms with E-state index in [4.69, 9.17) is 0 Å². The molecule has 5 heteroatoms. The predicted molar refractivity (Wildman–Crippen MR) is 72.8 cm³/mol. The van der Waals surface area contributed by atoms with Crippen molar-refractivity contribution < 1.29 is 19.5 Å². The molecule has 1 N–H and O–H groups in total. The number of carboxylic acids is 1. The van der Waals surface area contributed by atoms with Crippen LogP contribution in [-0.4, -0.2) is 33.8 Å². The van der Waals surface area contributed by atoms with Crippen LogP contribution < -0.4 is 0 Å². The number of carbonyl (C=O) groups excluding carboxylic acids is 2. The van der Waals surface area contributed by atoms with Gasteiger partial charge in [-0.05, 0) is 36.0 Å². The number of allylic oxidation sites excluding steroid dienone is 2. The Morgan fingerprint density at radius 1 is 1.14 bits per heavy atom. The quantitative estimate of drug-likeness (QED) is 0.624. The summed E-state index contributed by atoms with van der Waals surface area (Å²) in [4.78, 5) is 38.1. The van der Waals surface area contributed by atoms with Gasteiger partial charge in [-0.2, -0.15) is 0 Å². The second-order valence-corrected chi connectivity index (χ2v) is 7.23. The largest absolute Gasteiger partial charge is 0.480 e. The lowest BCUT2D eigenvalue weighted by Gasteiger charge is -2.37. The second kappa shape index (κ2) is 3.96. The fraction of sp³-hybridized carbons (Fsp3) is 0.688. The van der Waals surface area contributed by atoms with Crippen molar-refractivity contribution in [1.82, 2.24) is 4.90 Å². The molecule has 5 aliphatic rings. The van der Waals surface area contributed by atoms with Crippen molar-refractivity contribution in [3.63, 3.8) is 0 Å². The Kier molecular flexibility index (Phi) is 2.46. The summed E-state index contributed by atoms with van der Waals surface area (Å²) in [7, 11) is 0. The molecule has 5 nitrogen and oxygen atoms in total. The zero-order chi connectivity index (χ0) is 15.0. The number of likely N-dealkylation sites (tertiary alicyclic amines) is 1. The van der Waals surface area contributed by atoms with Crippen molar-refractivity contribution in [1.29, 1.82) is 0 Å². The smallest absolute Gasteiger partial charge is 0.327 e. The SMILES string of the molecule is CC(C)C(C(=O)O)N1C(=O)C2C3C=CC(C4CC34)C2C1=O. The Labute approximate surface area is 123 Å². The number of imide groups is 1. The molecule has 2 bridgehead atoms. The third-order valence-corrected chi connectivity index (χ3v) is 5.86. The molecule has 2 amide bonds. The second-order valence-electron chi connectivity index (χ2n) is 7.23. The molecule has 4 aliphatic carbocycles. The van der Waals surface area contributed by atoms with E-state index in [1.807, 2.05) is 0 Å². The summed E-state index contributed by atoms with van der Waals surface area (Å²) < 4.78 is 0. The van der Waals surface area contributed by atoms with Crippen molar-refractivity contribution >= 4 is 17.8 Å². The summed E-state index contributed by atoms with van der Waals surface area (Å²) >= 11 is 0. The molecule has 2 saturated carbocycles. The van der Waals surface area contributed by atoms with E-state index in [9.17, 15) is 19.5 Å². The number of rotatable bonds is 3. The highest BCUT2D eigenvalue weighted by Crippen LogP contribution is 2.65. The van der Waals surface area contributed by atoms with E-state index in [0.717, 1.165) is 11.3 Å². The molecular weight excluding hydrogens is 270 g/mol. The first-order chi connectivity index (χ1) is 9.93. The van der Waals surface area contributed by atoms with Crippen molar-refractivity contribution in [2.75, 3.05) is 0 Å². The molecule has 7 unspecified atom stereocenters. The summed E-state index contributed by atoms with van der Waals surface area (Å²) in [6, 6.07) is -1.04. The standard InChI is InChI=1S/C16H19NO4/c1-6(2)13(16(20)21)17-14(18)11-7-3-4-8(10-5-9(7)10)12(11)15(17)19/h3-4,6-13H,5H2,1-2H3,(H,20,21). The highest BCUT2D eigenvalue weighted by Gasteiger charge is 2.68. The number of nitrogens with zero attached hydrogens (tertiary/aromatic N) is 1. The lowest BCUT2D eigenvalue weighted by Crippen LogP contribution is -2.48. The maximum atomic E-state index is 12.8. The fourth-order valence-corrected chi connectivity index (χ4v) is 4.95. The molecule has 7 atom stereocenters. The van der Waals surface area contributed by atoms with Crippen LogP contribution in [0.3, 0.4) is 0 Å². The zero-order valence-corrected chi connectivity index (χ0v) is 12.1. The van der Waals surface area contributed by atoms with Gasteiger partial charge < -0.3 is 5.11 Å². The highest BCUT2D eigenvalue weighted by molar-refractivity contribution is 6.08. The van der Waals surface area contributed by atoms with Crippen molar-refractivity contribution in [2.24, 2.45) is 41.4 Å². The molecule has 0 aromatic rings. The third-order valence-electron chi connectivity index (χ3n) is 5.86. The Balaban J connectivity index is 1.73. The first-order valence-corrected chi connectivity index (χ1v) is 7.71. The van der Waals surface area contributed by atoms with Crippen LogP contribution in [0.1, 0.15) is 20.3 Å². The van der Waals surface area contributed by atoms with E-state index in [1.54, 1.807) is 13.8 Å². The average molecular weight is 289 g/mol. The normalized spacial score (nSPS) is 44.0. The van der Waals surface area contributed by atoms with Gasteiger partial charge in [0.25, 0.3) is 0 Å². The van der Waals surface area contributed by atoms with E-state index < -0.39 is 12.0 Å². The van der Waals surface area contributed by atoms with E-state index >= 15 is 0 Å². The van der Waals surface area contributed by atoms with Crippen LogP contribution in [0, 0.1) is 41.4 Å². The van der Waals surface area contributed by atoms with Crippen LogP contribution in [0.4, 0.5) is 0 Å². The molecule has 21 heavy (non-hydrogen) atoms. The first-order valence-electron chi connectivity index (χ1n) is 7.71. The average Bonchev–Trinajstić information content (AvgIpc) is 3.19. The minimum absolute atomic E-state index is 0.146. The highest BCUT2D eigenvalue weighted by atomic mass is 16.4. The monoisotopic (exact) mass is 289 g/mol. The third kappa shape index (κ3) is 1.49. The van der Waals surface area contributed by atoms with E-state index in [2.05, 4.69) is 12.2 Å². The molecule has 0 aromatic heterocycles. The van der Waals surface area contributed by atoms with Crippen LogP contribution in [0.15, 0.2) is 12.2 Å². The molecule has 0 spiro atoms. The molecule has 0 aromatic carbocycles. The summed E-state index contributed by atoms with van der Waals surface area (Å²) in [5.41, 5.74) is 0. The number of aliphatic carboxylic acids is 1. The first kappa shape index (κ1) is 13.0. The molecule has 112 valence electrons. The predicted octanol–water partition coefficient (Wildman–Crippen LogP) is 1.15. The Morgan fingerprint density at radius 3 is 2.00 bits per heavy atom. The number of hydrogen-bond donors (Lipinski definition) is 1. The van der Waals surface area contributed by atoms with Crippen molar-refractivity contribution in [3.8, 4) is 0 Å². The molecule has 1 saturated heterocycles. The summed E-state index contributed by atoms with van der Waals surface area (Å²) in [5, 5.41) is 9.42. The summed E-state index contributed by atoms with van der Waals surface area (Å²) in [6.45, 7) is 3.48. The Morgan fingerprint density at radius 2 is 1.62 bits per heavy atom. The van der Waals surface area contributed by atoms with E-state index in [1.165, 1.54) is 0 Å². The van der Waals surface area contributed by atoms with Gasteiger partial charge in [-0.25, -0.2) is 4.79 Å². The van der Waals surface area contributed by atoms with Crippen LogP contribution >= 0.6 is 0 Å². The topological polar surface area (TPSA) is 74.7 Å². The Hall–Kier alpha value is -1.65. The minimum Gasteiger partial charge on any atom is -0.480 e. The van der Waals surface area contributed by atoms with Gasteiger partial charge >= 0.3 is 5.97 Å². The summed E-state index contributed by atoms with van der Waals surface area (Å²) in [6.07, 6.45) is 5.31. The maximum Gasteiger partial charge on any atom is 0.327 e. The van der Waals surface area contributed by atoms with Gasteiger partial charge in [-0.1, -0.05) is 26.0 Å². The molecule has 1 aliphatic heterocycles. The number of carboxylic acid groups (broad SMARTS) is 1. The van der Waals surface area contributed by atoms with Crippen LogP contribution in [-0.2, 0) is 14.4 Å². The van der Waals surface area contributed by atoms with Crippen LogP contribution in [0.25, 0.3) is 0 Å². The van der Waals surface area contributed by atoms with E-state index in [0.29, 0.717) is 11.8 Å². The maximum absolute atomic E-state index is 12.8. The van der Waals surface area contributed by atoms with Crippen molar-refractivity contribution in [2.45, 2.75) is 26.3 Å². The molecule has 3 fully saturated rings. The number of amides is 2. The zero-order valence-electron chi connectivity index (χ0n) is 12.1. The lowest BCUT2D eigenvalue weighted by molar-refractivity contribution is -0.157. The Bertz CT molecular complexity index is 545. The lowest BCUT2D eigenvalue weighted by atomic mass is 9.63. The fourth-order valence-electron chi connectivity index (χ4n) is 4.95. The van der Waals surface area contributed by atoms with Crippen LogP contribution in [0.2, 0.25) is 0 Å². The molecular formula is C16H19NO4. The molecule has 5 rings (SSSR count). The van der Waals surface area contributed by atoms with Gasteiger partial charge in [0.1, 0.15) is 6.04 Å². The van der Waals surface area contributed by atoms with Gasteiger partial charge in [-0.3, -0.25) is 14.5 Å². The van der Waals surface area contributed by atoms with Gasteiger partial charge in [0, 0.05) is 0 Å².